The molecule has 1 aliphatic heterocycles. The second-order valence-corrected chi connectivity index (χ2v) is 8.99. The highest BCUT2D eigenvalue weighted by atomic mass is 79.9. The lowest BCUT2D eigenvalue weighted by Gasteiger charge is -2.34. The first-order valence-corrected chi connectivity index (χ1v) is 11.3. The standard InChI is InChI=1S/C23H16BrClN6O/c24-16-11-31-20(8-17(16)25)15(10-29-31)23(32)30-6-5-18-21(28-12-27-18)22(30)19-7-13-3-1-2-4-14(13)9-26-19/h1-4,7-12,22H,5-6H2,(H,27,28)/t22-/m1/s1. The van der Waals surface area contributed by atoms with Crippen molar-refractivity contribution in [2.75, 3.05) is 6.54 Å². The number of halogens is 2. The van der Waals surface area contributed by atoms with E-state index in [9.17, 15) is 4.79 Å². The largest absolute Gasteiger partial charge is 0.348 e. The lowest BCUT2D eigenvalue weighted by Crippen LogP contribution is -2.41. The van der Waals surface area contributed by atoms with Crippen molar-refractivity contribution in [3.63, 3.8) is 0 Å². The number of amides is 1. The molecule has 0 unspecified atom stereocenters. The minimum Gasteiger partial charge on any atom is -0.348 e. The van der Waals surface area contributed by atoms with Crippen LogP contribution in [-0.2, 0) is 6.42 Å². The smallest absolute Gasteiger partial charge is 0.258 e. The molecule has 0 saturated heterocycles. The van der Waals surface area contributed by atoms with E-state index in [1.54, 1.807) is 29.3 Å². The number of hydrogen-bond donors (Lipinski definition) is 1. The molecule has 7 nitrogen and oxygen atoms in total. The minimum absolute atomic E-state index is 0.132. The summed E-state index contributed by atoms with van der Waals surface area (Å²) in [5, 5.41) is 6.99. The van der Waals surface area contributed by atoms with Crippen LogP contribution in [0.1, 0.15) is 33.5 Å². The van der Waals surface area contributed by atoms with Crippen molar-refractivity contribution < 1.29 is 4.79 Å². The average Bonchev–Trinajstić information content (AvgIpc) is 3.45. The molecule has 0 fully saturated rings. The number of carbonyl (C=O) groups is 1. The second kappa shape index (κ2) is 7.43. The van der Waals surface area contributed by atoms with E-state index in [-0.39, 0.29) is 5.91 Å². The van der Waals surface area contributed by atoms with Crippen LogP contribution in [0.4, 0.5) is 0 Å². The van der Waals surface area contributed by atoms with Gasteiger partial charge in [-0.05, 0) is 33.4 Å². The Labute approximate surface area is 196 Å². The summed E-state index contributed by atoms with van der Waals surface area (Å²) in [6.07, 6.45) is 7.56. The van der Waals surface area contributed by atoms with E-state index in [1.807, 2.05) is 41.4 Å². The highest BCUT2D eigenvalue weighted by Gasteiger charge is 2.36. The average molecular weight is 508 g/mol. The Hall–Kier alpha value is -3.23. The van der Waals surface area contributed by atoms with E-state index >= 15 is 0 Å². The third-order valence-corrected chi connectivity index (χ3v) is 7.08. The van der Waals surface area contributed by atoms with Crippen molar-refractivity contribution in [2.45, 2.75) is 12.5 Å². The van der Waals surface area contributed by atoms with Crippen molar-refractivity contribution in [2.24, 2.45) is 0 Å². The van der Waals surface area contributed by atoms with Gasteiger partial charge in [-0.2, -0.15) is 5.10 Å². The molecule has 1 aromatic carbocycles. The molecule has 9 heteroatoms. The molecule has 1 amide bonds. The zero-order chi connectivity index (χ0) is 21.8. The zero-order valence-electron chi connectivity index (χ0n) is 16.7. The molecular weight excluding hydrogens is 492 g/mol. The molecule has 1 N–H and O–H groups in total. The highest BCUT2D eigenvalue weighted by Crippen LogP contribution is 2.35. The van der Waals surface area contributed by atoms with Crippen LogP contribution in [0, 0.1) is 0 Å². The second-order valence-electron chi connectivity index (χ2n) is 7.73. The van der Waals surface area contributed by atoms with Crippen molar-refractivity contribution in [3.05, 3.63) is 93.5 Å². The first kappa shape index (κ1) is 19.5. The number of benzene rings is 1. The lowest BCUT2D eigenvalue weighted by molar-refractivity contribution is 0.0689. The molecule has 1 atom stereocenters. The fourth-order valence-electron chi connectivity index (χ4n) is 4.34. The number of aromatic amines is 1. The van der Waals surface area contributed by atoms with E-state index in [4.69, 9.17) is 16.6 Å². The molecule has 1 aliphatic rings. The van der Waals surface area contributed by atoms with E-state index in [2.05, 4.69) is 31.0 Å². The summed E-state index contributed by atoms with van der Waals surface area (Å²) >= 11 is 9.71. The topological polar surface area (TPSA) is 79.2 Å². The number of carbonyl (C=O) groups excluding carboxylic acids is 1. The molecule has 158 valence electrons. The predicted octanol–water partition coefficient (Wildman–Crippen LogP) is 4.81. The van der Waals surface area contributed by atoms with Crippen LogP contribution in [0.2, 0.25) is 5.02 Å². The number of imidazole rings is 1. The van der Waals surface area contributed by atoms with Crippen LogP contribution in [0.15, 0.2) is 65.8 Å². The van der Waals surface area contributed by atoms with Crippen LogP contribution < -0.4 is 0 Å². The molecule has 0 aliphatic carbocycles. The van der Waals surface area contributed by atoms with E-state index in [0.717, 1.165) is 27.9 Å². The fourth-order valence-corrected chi connectivity index (χ4v) is 4.80. The monoisotopic (exact) mass is 506 g/mol. The number of nitrogens with zero attached hydrogens (tertiary/aromatic N) is 5. The van der Waals surface area contributed by atoms with Gasteiger partial charge in [0.2, 0.25) is 0 Å². The van der Waals surface area contributed by atoms with Crippen molar-refractivity contribution in [1.29, 1.82) is 0 Å². The van der Waals surface area contributed by atoms with Crippen LogP contribution >= 0.6 is 27.5 Å². The normalized spacial score (nSPS) is 15.9. The molecular formula is C23H16BrClN6O. The lowest BCUT2D eigenvalue weighted by atomic mass is 9.97. The molecule has 5 heterocycles. The highest BCUT2D eigenvalue weighted by molar-refractivity contribution is 9.10. The van der Waals surface area contributed by atoms with Crippen LogP contribution in [0.5, 0.6) is 0 Å². The maximum absolute atomic E-state index is 13.8. The van der Waals surface area contributed by atoms with Gasteiger partial charge in [0.1, 0.15) is 6.04 Å². The number of rotatable bonds is 2. The molecule has 0 saturated carbocycles. The zero-order valence-corrected chi connectivity index (χ0v) is 19.0. The summed E-state index contributed by atoms with van der Waals surface area (Å²) in [5.41, 5.74) is 3.78. The quantitative estimate of drug-likeness (QED) is 0.372. The van der Waals surface area contributed by atoms with Gasteiger partial charge in [0, 0.05) is 36.4 Å². The third kappa shape index (κ3) is 3.02. The first-order valence-electron chi connectivity index (χ1n) is 10.1. The molecule has 0 spiro atoms. The molecule has 6 rings (SSSR count). The summed E-state index contributed by atoms with van der Waals surface area (Å²) in [6.45, 7) is 0.537. The Bertz CT molecular complexity index is 1510. The maximum Gasteiger partial charge on any atom is 0.258 e. The first-order chi connectivity index (χ1) is 15.6. The SMILES string of the molecule is O=C(c1cnn2cc(Br)c(Cl)cc12)N1CCc2[nH]cnc2[C@H]1c1cc2ccccc2cn1. The summed E-state index contributed by atoms with van der Waals surface area (Å²) in [7, 11) is 0. The van der Waals surface area contributed by atoms with E-state index < -0.39 is 6.04 Å². The van der Waals surface area contributed by atoms with Gasteiger partial charge < -0.3 is 9.88 Å². The molecule has 0 radical (unpaired) electrons. The van der Waals surface area contributed by atoms with Gasteiger partial charge in [-0.25, -0.2) is 9.50 Å². The predicted molar refractivity (Wildman–Crippen MR) is 125 cm³/mol. The van der Waals surface area contributed by atoms with Crippen LogP contribution in [-0.4, -0.2) is 41.9 Å². The Morgan fingerprint density at radius 2 is 2.00 bits per heavy atom. The molecule has 4 aromatic heterocycles. The van der Waals surface area contributed by atoms with Gasteiger partial charge in [-0.3, -0.25) is 9.78 Å². The van der Waals surface area contributed by atoms with Crippen molar-refractivity contribution >= 4 is 49.7 Å². The third-order valence-electron chi connectivity index (χ3n) is 5.91. The summed E-state index contributed by atoms with van der Waals surface area (Å²) in [5.74, 6) is -0.132. The molecule has 5 aromatic rings. The Kier molecular flexibility index (Phi) is 4.51. The maximum atomic E-state index is 13.8. The van der Waals surface area contributed by atoms with Gasteiger partial charge in [0.05, 0.1) is 44.5 Å². The van der Waals surface area contributed by atoms with Crippen molar-refractivity contribution in [1.82, 2.24) is 29.5 Å². The molecule has 32 heavy (non-hydrogen) atoms. The van der Waals surface area contributed by atoms with Gasteiger partial charge in [-0.1, -0.05) is 35.9 Å². The number of pyridine rings is 2. The summed E-state index contributed by atoms with van der Waals surface area (Å²) in [6, 6.07) is 11.4. The van der Waals surface area contributed by atoms with Crippen LogP contribution in [0.3, 0.4) is 0 Å². The van der Waals surface area contributed by atoms with Crippen molar-refractivity contribution in [3.8, 4) is 0 Å². The Balaban J connectivity index is 1.48. The van der Waals surface area contributed by atoms with Gasteiger partial charge in [0.25, 0.3) is 5.91 Å². The number of H-pyrrole nitrogens is 1. The van der Waals surface area contributed by atoms with Gasteiger partial charge in [0.15, 0.2) is 0 Å². The number of fused-ring (bicyclic) bond motifs is 3. The number of aromatic nitrogens is 5. The van der Waals surface area contributed by atoms with Crippen LogP contribution in [0.25, 0.3) is 16.3 Å². The van der Waals surface area contributed by atoms with E-state index in [1.165, 1.54) is 0 Å². The van der Waals surface area contributed by atoms with Gasteiger partial charge in [-0.15, -0.1) is 0 Å². The number of hydrogen-bond acceptors (Lipinski definition) is 4. The number of nitrogens with one attached hydrogen (secondary N) is 1. The minimum atomic E-state index is -0.400. The Morgan fingerprint density at radius 3 is 2.88 bits per heavy atom. The van der Waals surface area contributed by atoms with Gasteiger partial charge >= 0.3 is 0 Å². The summed E-state index contributed by atoms with van der Waals surface area (Å²) in [4.78, 5) is 28.1. The molecule has 0 bridgehead atoms. The summed E-state index contributed by atoms with van der Waals surface area (Å²) < 4.78 is 2.36. The Morgan fingerprint density at radius 1 is 1.16 bits per heavy atom. The van der Waals surface area contributed by atoms with E-state index in [0.29, 0.717) is 33.5 Å². The fraction of sp³-hybridized carbons (Fsp3) is 0.130.